The van der Waals surface area contributed by atoms with Crippen LogP contribution in [-0.2, 0) is 4.79 Å². The second kappa shape index (κ2) is 10.8. The van der Waals surface area contributed by atoms with Gasteiger partial charge in [-0.05, 0) is 30.7 Å². The fraction of sp³-hybridized carbons (Fsp3) is 0.269. The zero-order chi connectivity index (χ0) is 23.9. The van der Waals surface area contributed by atoms with Crippen molar-refractivity contribution in [2.75, 3.05) is 43.0 Å². The van der Waals surface area contributed by atoms with E-state index in [0.717, 1.165) is 5.56 Å². The molecular weight excluding hydrogens is 432 g/mol. The van der Waals surface area contributed by atoms with E-state index in [4.69, 9.17) is 4.74 Å². The fourth-order valence-electron chi connectivity index (χ4n) is 4.32. The first kappa shape index (κ1) is 23.3. The third-order valence-electron chi connectivity index (χ3n) is 5.91. The first-order valence-corrected chi connectivity index (χ1v) is 11.4. The molecule has 34 heavy (non-hydrogen) atoms. The topological polar surface area (TPSA) is 88.0 Å². The summed E-state index contributed by atoms with van der Waals surface area (Å²) in [5, 5.41) is 14.5. The van der Waals surface area contributed by atoms with E-state index in [1.807, 2.05) is 72.5 Å². The normalized spacial score (nSPS) is 14.9. The van der Waals surface area contributed by atoms with Gasteiger partial charge in [0.15, 0.2) is 0 Å². The van der Waals surface area contributed by atoms with Crippen LogP contribution in [-0.4, -0.2) is 48.5 Å². The molecule has 3 aromatic carbocycles. The quantitative estimate of drug-likeness (QED) is 0.394. The van der Waals surface area contributed by atoms with Gasteiger partial charge in [0.05, 0.1) is 17.2 Å². The lowest BCUT2D eigenvalue weighted by Crippen LogP contribution is -2.50. The van der Waals surface area contributed by atoms with Gasteiger partial charge in [-0.3, -0.25) is 19.8 Å². The minimum absolute atomic E-state index is 0.0980. The summed E-state index contributed by atoms with van der Waals surface area (Å²) in [6, 6.07) is 23.4. The molecule has 1 heterocycles. The van der Waals surface area contributed by atoms with Gasteiger partial charge in [-0.15, -0.1) is 0 Å². The number of carbonyl (C=O) groups excluding carboxylic acids is 1. The van der Waals surface area contributed by atoms with Crippen LogP contribution in [0.15, 0.2) is 78.9 Å². The molecule has 1 saturated heterocycles. The molecule has 0 saturated carbocycles. The molecule has 1 amide bonds. The highest BCUT2D eigenvalue weighted by Crippen LogP contribution is 2.31. The third-order valence-corrected chi connectivity index (χ3v) is 5.91. The molecule has 8 nitrogen and oxygen atoms in total. The van der Waals surface area contributed by atoms with Gasteiger partial charge in [-0.25, -0.2) is 0 Å². The number of rotatable bonds is 8. The molecule has 3 aromatic rings. The van der Waals surface area contributed by atoms with Gasteiger partial charge in [0.1, 0.15) is 17.5 Å². The van der Waals surface area contributed by atoms with Crippen LogP contribution in [0.1, 0.15) is 18.5 Å². The predicted molar refractivity (Wildman–Crippen MR) is 132 cm³/mol. The number of anilines is 2. The summed E-state index contributed by atoms with van der Waals surface area (Å²) in [6.45, 7) is 4.75. The largest absolute Gasteiger partial charge is 0.492 e. The number of nitro groups is 1. The van der Waals surface area contributed by atoms with Gasteiger partial charge in [0.2, 0.25) is 5.91 Å². The van der Waals surface area contributed by atoms with Crippen molar-refractivity contribution in [3.63, 3.8) is 0 Å². The van der Waals surface area contributed by atoms with Crippen LogP contribution in [0.25, 0.3) is 0 Å². The summed E-state index contributed by atoms with van der Waals surface area (Å²) in [6.07, 6.45) is 0. The molecule has 1 unspecified atom stereocenters. The van der Waals surface area contributed by atoms with Gasteiger partial charge in [-0.2, -0.15) is 0 Å². The molecule has 1 aliphatic heterocycles. The smallest absolute Gasteiger partial charge is 0.292 e. The molecule has 0 aromatic heterocycles. The monoisotopic (exact) mass is 460 g/mol. The van der Waals surface area contributed by atoms with Gasteiger partial charge < -0.3 is 15.0 Å². The van der Waals surface area contributed by atoms with E-state index in [9.17, 15) is 14.9 Å². The summed E-state index contributed by atoms with van der Waals surface area (Å²) >= 11 is 0. The molecule has 1 fully saturated rings. The summed E-state index contributed by atoms with van der Waals surface area (Å²) in [5.41, 5.74) is 2.24. The molecule has 176 valence electrons. The minimum Gasteiger partial charge on any atom is -0.492 e. The number of ether oxygens (including phenoxy) is 1. The highest BCUT2D eigenvalue weighted by Gasteiger charge is 2.32. The standard InChI is InChI=1S/C26H28N4O4/c1-2-34-24-15-9-6-12-21(24)27-26(31)25(20-10-4-3-5-11-20)29-18-16-28(17-19-29)22-13-7-8-14-23(22)30(32)33/h3-15,25H,2,16-19H2,1H3,(H,27,31). The molecule has 0 spiro atoms. The number of hydrogen-bond acceptors (Lipinski definition) is 6. The number of para-hydroxylation sites is 4. The van der Waals surface area contributed by atoms with Crippen molar-refractivity contribution in [1.82, 2.24) is 4.90 Å². The number of carbonyl (C=O) groups is 1. The van der Waals surface area contributed by atoms with E-state index in [0.29, 0.717) is 49.9 Å². The van der Waals surface area contributed by atoms with Crippen LogP contribution >= 0.6 is 0 Å². The Hall–Kier alpha value is -3.91. The van der Waals surface area contributed by atoms with E-state index in [2.05, 4.69) is 10.2 Å². The first-order chi connectivity index (χ1) is 16.6. The lowest BCUT2D eigenvalue weighted by molar-refractivity contribution is -0.384. The molecule has 0 radical (unpaired) electrons. The number of piperazine rings is 1. The van der Waals surface area contributed by atoms with E-state index in [1.54, 1.807) is 12.1 Å². The van der Waals surface area contributed by atoms with Gasteiger partial charge >= 0.3 is 0 Å². The molecule has 1 aliphatic rings. The maximum absolute atomic E-state index is 13.6. The Balaban J connectivity index is 1.54. The average Bonchev–Trinajstić information content (AvgIpc) is 2.87. The van der Waals surface area contributed by atoms with Crippen LogP contribution in [0.3, 0.4) is 0 Å². The van der Waals surface area contributed by atoms with Crippen molar-refractivity contribution in [3.8, 4) is 5.75 Å². The van der Waals surface area contributed by atoms with Gasteiger partial charge in [-0.1, -0.05) is 54.6 Å². The van der Waals surface area contributed by atoms with Crippen molar-refractivity contribution in [1.29, 1.82) is 0 Å². The Labute approximate surface area is 198 Å². The van der Waals surface area contributed by atoms with Crippen LogP contribution in [0, 0.1) is 10.1 Å². The SMILES string of the molecule is CCOc1ccccc1NC(=O)C(c1ccccc1)N1CCN(c2ccccc2[N+](=O)[O-])CC1. The van der Waals surface area contributed by atoms with Crippen molar-refractivity contribution in [2.24, 2.45) is 0 Å². The zero-order valence-corrected chi connectivity index (χ0v) is 19.1. The number of benzene rings is 3. The highest BCUT2D eigenvalue weighted by molar-refractivity contribution is 5.96. The summed E-state index contributed by atoms with van der Waals surface area (Å²) < 4.78 is 5.67. The number of nitrogens with one attached hydrogen (secondary N) is 1. The molecule has 8 heteroatoms. The van der Waals surface area contributed by atoms with E-state index in [1.165, 1.54) is 6.07 Å². The van der Waals surface area contributed by atoms with E-state index >= 15 is 0 Å². The Morgan fingerprint density at radius 2 is 1.62 bits per heavy atom. The van der Waals surface area contributed by atoms with Crippen molar-refractivity contribution >= 4 is 23.0 Å². The van der Waals surface area contributed by atoms with Crippen molar-refractivity contribution in [3.05, 3.63) is 94.5 Å². The van der Waals surface area contributed by atoms with Gasteiger partial charge in [0.25, 0.3) is 5.69 Å². The number of nitrogens with zero attached hydrogens (tertiary/aromatic N) is 3. The lowest BCUT2D eigenvalue weighted by Gasteiger charge is -2.39. The molecule has 4 rings (SSSR count). The summed E-state index contributed by atoms with van der Waals surface area (Å²) in [4.78, 5) is 28.8. The van der Waals surface area contributed by atoms with Crippen molar-refractivity contribution < 1.29 is 14.5 Å². The summed E-state index contributed by atoms with van der Waals surface area (Å²) in [5.74, 6) is 0.490. The van der Waals surface area contributed by atoms with Crippen LogP contribution in [0.2, 0.25) is 0 Å². The highest BCUT2D eigenvalue weighted by atomic mass is 16.6. The number of hydrogen-bond donors (Lipinski definition) is 1. The predicted octanol–water partition coefficient (Wildman–Crippen LogP) is 4.50. The minimum atomic E-state index is -0.496. The van der Waals surface area contributed by atoms with Crippen LogP contribution in [0.5, 0.6) is 5.75 Å². The Morgan fingerprint density at radius 1 is 0.971 bits per heavy atom. The van der Waals surface area contributed by atoms with Crippen LogP contribution < -0.4 is 15.0 Å². The summed E-state index contributed by atoms with van der Waals surface area (Å²) in [7, 11) is 0. The molecule has 1 N–H and O–H groups in total. The van der Waals surface area contributed by atoms with Crippen LogP contribution in [0.4, 0.5) is 17.1 Å². The molecule has 0 aliphatic carbocycles. The molecule has 0 bridgehead atoms. The maximum atomic E-state index is 13.6. The molecular formula is C26H28N4O4. The fourth-order valence-corrected chi connectivity index (χ4v) is 4.32. The molecule has 1 atom stereocenters. The second-order valence-corrected chi connectivity index (χ2v) is 8.00. The Morgan fingerprint density at radius 3 is 2.32 bits per heavy atom. The first-order valence-electron chi connectivity index (χ1n) is 11.4. The Kier molecular flexibility index (Phi) is 7.39. The zero-order valence-electron chi connectivity index (χ0n) is 19.1. The second-order valence-electron chi connectivity index (χ2n) is 8.00. The Bertz CT molecular complexity index is 1130. The van der Waals surface area contributed by atoms with Gasteiger partial charge in [0, 0.05) is 32.2 Å². The average molecular weight is 461 g/mol. The van der Waals surface area contributed by atoms with Crippen molar-refractivity contribution in [2.45, 2.75) is 13.0 Å². The number of amides is 1. The number of nitro benzene ring substituents is 1. The van der Waals surface area contributed by atoms with E-state index < -0.39 is 6.04 Å². The maximum Gasteiger partial charge on any atom is 0.292 e. The van der Waals surface area contributed by atoms with E-state index in [-0.39, 0.29) is 16.5 Å². The third kappa shape index (κ3) is 5.18. The lowest BCUT2D eigenvalue weighted by atomic mass is 10.0.